The summed E-state index contributed by atoms with van der Waals surface area (Å²) in [4.78, 5) is 0. The van der Waals surface area contributed by atoms with Gasteiger partial charge in [-0.05, 0) is 30.2 Å². The topological polar surface area (TPSA) is 32.6 Å². The van der Waals surface area contributed by atoms with Crippen molar-refractivity contribution in [1.82, 2.24) is 0 Å². The Bertz CT molecular complexity index is 283. The van der Waals surface area contributed by atoms with Crippen molar-refractivity contribution < 1.29 is 9.60 Å². The van der Waals surface area contributed by atoms with E-state index in [4.69, 9.17) is 5.21 Å². The molecule has 2 nitrogen and oxygen atoms in total. The maximum absolute atomic E-state index is 12.5. The molecule has 0 spiro atoms. The quantitative estimate of drug-likeness (QED) is 0.373. The molecule has 0 aliphatic rings. The molecule has 11 heavy (non-hydrogen) atoms. The smallest absolute Gasteiger partial charge is 0.123 e. The van der Waals surface area contributed by atoms with Crippen molar-refractivity contribution in [2.45, 2.75) is 6.92 Å². The van der Waals surface area contributed by atoms with Gasteiger partial charge in [-0.2, -0.15) is 0 Å². The Balaban J connectivity index is 3.09. The zero-order chi connectivity index (χ0) is 8.27. The molecule has 0 unspecified atom stereocenters. The average molecular weight is 153 g/mol. The van der Waals surface area contributed by atoms with E-state index in [0.29, 0.717) is 5.56 Å². The minimum absolute atomic E-state index is 0.280. The van der Waals surface area contributed by atoms with E-state index in [0.717, 1.165) is 5.56 Å². The third kappa shape index (κ3) is 1.77. The number of aryl methyl sites for hydroxylation is 1. The summed E-state index contributed by atoms with van der Waals surface area (Å²) in [5, 5.41) is 11.0. The van der Waals surface area contributed by atoms with Crippen LogP contribution in [-0.2, 0) is 0 Å². The highest BCUT2D eigenvalue weighted by Crippen LogP contribution is 2.07. The number of halogens is 1. The minimum Gasteiger partial charge on any atom is -0.411 e. The molecule has 0 amide bonds. The monoisotopic (exact) mass is 153 g/mol. The zero-order valence-corrected chi connectivity index (χ0v) is 6.08. The number of benzene rings is 1. The molecule has 0 aliphatic carbocycles. The normalized spacial score (nSPS) is 10.7. The van der Waals surface area contributed by atoms with Gasteiger partial charge in [-0.25, -0.2) is 4.39 Å². The van der Waals surface area contributed by atoms with E-state index in [1.807, 2.05) is 0 Å². The van der Waals surface area contributed by atoms with E-state index in [2.05, 4.69) is 5.16 Å². The molecule has 1 aromatic rings. The second-order valence-electron chi connectivity index (χ2n) is 2.25. The summed E-state index contributed by atoms with van der Waals surface area (Å²) in [6.07, 6.45) is 1.27. The number of hydrogen-bond acceptors (Lipinski definition) is 2. The molecule has 0 saturated heterocycles. The molecule has 0 aliphatic heterocycles. The van der Waals surface area contributed by atoms with Gasteiger partial charge in [-0.15, -0.1) is 0 Å². The first-order valence-electron chi connectivity index (χ1n) is 3.17. The molecule has 0 saturated carbocycles. The lowest BCUT2D eigenvalue weighted by atomic mass is 10.1. The highest BCUT2D eigenvalue weighted by molar-refractivity contribution is 5.80. The van der Waals surface area contributed by atoms with Gasteiger partial charge < -0.3 is 5.21 Å². The van der Waals surface area contributed by atoms with Crippen molar-refractivity contribution in [2.24, 2.45) is 5.16 Å². The van der Waals surface area contributed by atoms with Crippen LogP contribution in [-0.4, -0.2) is 11.4 Å². The molecule has 0 radical (unpaired) electrons. The van der Waals surface area contributed by atoms with Gasteiger partial charge in [0.1, 0.15) is 5.82 Å². The van der Waals surface area contributed by atoms with Gasteiger partial charge in [0.15, 0.2) is 0 Å². The maximum Gasteiger partial charge on any atom is 0.123 e. The van der Waals surface area contributed by atoms with Crippen molar-refractivity contribution in [1.29, 1.82) is 0 Å². The van der Waals surface area contributed by atoms with Gasteiger partial charge in [-0.1, -0.05) is 11.2 Å². The Morgan fingerprint density at radius 3 is 2.82 bits per heavy atom. The number of hydrogen-bond donors (Lipinski definition) is 1. The van der Waals surface area contributed by atoms with E-state index in [1.54, 1.807) is 13.0 Å². The highest BCUT2D eigenvalue weighted by Gasteiger charge is 1.95. The van der Waals surface area contributed by atoms with Crippen molar-refractivity contribution in [3.05, 3.63) is 35.1 Å². The molecular weight excluding hydrogens is 145 g/mol. The summed E-state index contributed by atoms with van der Waals surface area (Å²) < 4.78 is 12.5. The van der Waals surface area contributed by atoms with Crippen LogP contribution < -0.4 is 0 Å². The third-order valence-corrected chi connectivity index (χ3v) is 1.43. The molecule has 1 N–H and O–H groups in total. The fourth-order valence-electron chi connectivity index (χ4n) is 0.846. The third-order valence-electron chi connectivity index (χ3n) is 1.43. The molecule has 3 heteroatoms. The fraction of sp³-hybridized carbons (Fsp3) is 0.125. The SMILES string of the molecule is Cc1cc(F)ccc1/C=N/O. The lowest BCUT2D eigenvalue weighted by Gasteiger charge is -1.96. The predicted molar refractivity (Wildman–Crippen MR) is 40.5 cm³/mol. The van der Waals surface area contributed by atoms with Crippen LogP contribution in [0.1, 0.15) is 11.1 Å². The van der Waals surface area contributed by atoms with Crippen LogP contribution in [0.25, 0.3) is 0 Å². The summed E-state index contributed by atoms with van der Waals surface area (Å²) in [6.45, 7) is 1.75. The molecule has 0 fully saturated rings. The first-order chi connectivity index (χ1) is 5.24. The first kappa shape index (κ1) is 7.72. The van der Waals surface area contributed by atoms with Gasteiger partial charge in [-0.3, -0.25) is 0 Å². The number of oxime groups is 1. The number of nitrogens with zero attached hydrogens (tertiary/aromatic N) is 1. The summed E-state index contributed by atoms with van der Waals surface area (Å²) in [5.41, 5.74) is 1.47. The second kappa shape index (κ2) is 3.14. The van der Waals surface area contributed by atoms with Crippen molar-refractivity contribution >= 4 is 6.21 Å². The van der Waals surface area contributed by atoms with E-state index < -0.39 is 0 Å². The molecule has 0 heterocycles. The first-order valence-corrected chi connectivity index (χ1v) is 3.17. The van der Waals surface area contributed by atoms with Crippen LogP contribution in [0.4, 0.5) is 4.39 Å². The standard InChI is InChI=1S/C8H8FNO/c1-6-4-8(9)3-2-7(6)5-10-11/h2-5,11H,1H3/b10-5+. The van der Waals surface area contributed by atoms with Gasteiger partial charge in [0, 0.05) is 0 Å². The van der Waals surface area contributed by atoms with Crippen LogP contribution >= 0.6 is 0 Å². The van der Waals surface area contributed by atoms with Crippen molar-refractivity contribution in [2.75, 3.05) is 0 Å². The lowest BCUT2D eigenvalue weighted by molar-refractivity contribution is 0.322. The van der Waals surface area contributed by atoms with Crippen LogP contribution in [0.5, 0.6) is 0 Å². The highest BCUT2D eigenvalue weighted by atomic mass is 19.1. The zero-order valence-electron chi connectivity index (χ0n) is 6.08. The van der Waals surface area contributed by atoms with Crippen LogP contribution in [0, 0.1) is 12.7 Å². The summed E-state index contributed by atoms with van der Waals surface area (Å²) in [5.74, 6) is -0.280. The largest absolute Gasteiger partial charge is 0.411 e. The van der Waals surface area contributed by atoms with Gasteiger partial charge in [0.25, 0.3) is 0 Å². The summed E-state index contributed by atoms with van der Waals surface area (Å²) >= 11 is 0. The van der Waals surface area contributed by atoms with Crippen LogP contribution in [0.2, 0.25) is 0 Å². The van der Waals surface area contributed by atoms with Crippen molar-refractivity contribution in [3.63, 3.8) is 0 Å². The molecule has 1 rings (SSSR count). The number of rotatable bonds is 1. The molecule has 0 bridgehead atoms. The van der Waals surface area contributed by atoms with E-state index in [-0.39, 0.29) is 5.82 Å². The van der Waals surface area contributed by atoms with Gasteiger partial charge in [0.05, 0.1) is 6.21 Å². The fourth-order valence-corrected chi connectivity index (χ4v) is 0.846. The summed E-state index contributed by atoms with van der Waals surface area (Å²) in [7, 11) is 0. The van der Waals surface area contributed by atoms with Crippen LogP contribution in [0.15, 0.2) is 23.4 Å². The van der Waals surface area contributed by atoms with E-state index in [1.165, 1.54) is 18.3 Å². The van der Waals surface area contributed by atoms with E-state index >= 15 is 0 Å². The second-order valence-corrected chi connectivity index (χ2v) is 2.25. The molecular formula is C8H8FNO. The van der Waals surface area contributed by atoms with E-state index in [9.17, 15) is 4.39 Å². The molecule has 0 aromatic heterocycles. The van der Waals surface area contributed by atoms with Crippen LogP contribution in [0.3, 0.4) is 0 Å². The summed E-state index contributed by atoms with van der Waals surface area (Å²) in [6, 6.07) is 4.27. The predicted octanol–water partition coefficient (Wildman–Crippen LogP) is 1.94. The Labute approximate surface area is 64.0 Å². The van der Waals surface area contributed by atoms with Gasteiger partial charge in [0.2, 0.25) is 0 Å². The minimum atomic E-state index is -0.280. The molecule has 0 atom stereocenters. The Hall–Kier alpha value is -1.38. The maximum atomic E-state index is 12.5. The Morgan fingerprint density at radius 2 is 2.27 bits per heavy atom. The van der Waals surface area contributed by atoms with Gasteiger partial charge >= 0.3 is 0 Å². The molecule has 58 valence electrons. The average Bonchev–Trinajstić information content (AvgIpc) is 1.95. The Kier molecular flexibility index (Phi) is 2.21. The molecule has 1 aromatic carbocycles. The van der Waals surface area contributed by atoms with Crippen molar-refractivity contribution in [3.8, 4) is 0 Å². The Morgan fingerprint density at radius 1 is 1.55 bits per heavy atom. The lowest BCUT2D eigenvalue weighted by Crippen LogP contribution is -1.87.